The van der Waals surface area contributed by atoms with Crippen molar-refractivity contribution in [1.29, 1.82) is 0 Å². The van der Waals surface area contributed by atoms with E-state index in [0.717, 1.165) is 0 Å². The summed E-state index contributed by atoms with van der Waals surface area (Å²) in [7, 11) is -6.62. The van der Waals surface area contributed by atoms with Gasteiger partial charge in [0, 0.05) is 43.4 Å². The predicted molar refractivity (Wildman–Crippen MR) is 135 cm³/mol. The molecule has 4 fully saturated rings. The molecule has 4 rings (SSSR count). The summed E-state index contributed by atoms with van der Waals surface area (Å²) in [5, 5.41) is -5.84. The van der Waals surface area contributed by atoms with Gasteiger partial charge in [0.15, 0.2) is 10.1 Å². The molecule has 0 radical (unpaired) electrons. The Hall–Kier alpha value is -0.890. The number of Topliss-reactive ketones (excluding diaryl/α,β-unsaturated/α-hetero) is 3. The van der Waals surface area contributed by atoms with Crippen LogP contribution in [0.1, 0.15) is 85.0 Å². The number of ketones is 3. The Morgan fingerprint density at radius 2 is 1.71 bits per heavy atom. The van der Waals surface area contributed by atoms with Crippen LogP contribution in [-0.4, -0.2) is 54.1 Å². The topological polar surface area (TPSA) is 135 Å². The number of esters is 1. The zero-order chi connectivity index (χ0) is 30.8. The van der Waals surface area contributed by atoms with Gasteiger partial charge in [0.05, 0.1) is 13.0 Å². The summed E-state index contributed by atoms with van der Waals surface area (Å²) < 4.78 is 89.8. The van der Waals surface area contributed by atoms with Gasteiger partial charge >= 0.3 is 46.7 Å². The van der Waals surface area contributed by atoms with Crippen molar-refractivity contribution in [2.45, 2.75) is 96.2 Å². The van der Waals surface area contributed by atoms with Gasteiger partial charge in [-0.25, -0.2) is 8.42 Å². The Morgan fingerprint density at radius 1 is 1.07 bits per heavy atom. The van der Waals surface area contributed by atoms with Gasteiger partial charge in [0.1, 0.15) is 17.3 Å². The molecule has 8 atom stereocenters. The number of halogens is 4. The number of hydrogen-bond acceptors (Lipinski definition) is 8. The molecule has 14 heteroatoms. The SMILES string of the molecule is C[C@H](CCC(=O)OCCC(F)(F)C(F)(F)S(=O)(=O)[O-])[C@H]1CC[C@H]2[C@@H]3C(=O)CC4CC(=O)CCC4(C)C3CC(=O)[C@]12C.[Na+]. The molecule has 0 aromatic heterocycles. The molecule has 232 valence electrons. The van der Waals surface area contributed by atoms with Crippen LogP contribution in [0.3, 0.4) is 0 Å². The molecule has 8 nitrogen and oxygen atoms in total. The van der Waals surface area contributed by atoms with Crippen LogP contribution in [0.5, 0.6) is 0 Å². The van der Waals surface area contributed by atoms with E-state index >= 15 is 0 Å². The molecule has 42 heavy (non-hydrogen) atoms. The van der Waals surface area contributed by atoms with E-state index in [9.17, 15) is 49.7 Å². The second kappa shape index (κ2) is 12.1. The quantitative estimate of drug-likeness (QED) is 0.162. The van der Waals surface area contributed by atoms with Crippen molar-refractivity contribution >= 4 is 33.4 Å². The van der Waals surface area contributed by atoms with Gasteiger partial charge in [-0.15, -0.1) is 0 Å². The number of alkyl halides is 4. The van der Waals surface area contributed by atoms with E-state index in [0.29, 0.717) is 38.5 Å². The van der Waals surface area contributed by atoms with Gasteiger partial charge < -0.3 is 9.29 Å². The molecule has 0 saturated heterocycles. The summed E-state index contributed by atoms with van der Waals surface area (Å²) in [6.45, 7) is 4.69. The van der Waals surface area contributed by atoms with Crippen LogP contribution >= 0.6 is 0 Å². The van der Waals surface area contributed by atoms with Crippen LogP contribution < -0.4 is 29.6 Å². The standard InChI is InChI=1S/C28H38F4O8S.Na/c1-15(4-7-23(36)40-11-10-27(29,30)28(31,32)41(37,38)39)18-5-6-19-24-20(14-22(35)26(18,19)3)25(2)9-8-17(33)12-16(25)13-21(24)34;/h15-16,18-20,24H,4-14H2,1-3H3,(H,37,38,39);/q;+1/p-1/t15-,16?,18-,19+,20?,24+,25?,26-;/m1./s1. The Balaban J connectivity index is 0.00000484. The van der Waals surface area contributed by atoms with Crippen LogP contribution in [-0.2, 0) is 34.0 Å². The predicted octanol–water partition coefficient (Wildman–Crippen LogP) is 1.70. The number of hydrogen-bond donors (Lipinski definition) is 0. The molecule has 0 aromatic carbocycles. The van der Waals surface area contributed by atoms with Crippen LogP contribution in [0.4, 0.5) is 17.6 Å². The average molecular weight is 633 g/mol. The first kappa shape index (κ1) is 35.6. The fourth-order valence-electron chi connectivity index (χ4n) is 8.63. The van der Waals surface area contributed by atoms with Gasteiger partial charge in [0.25, 0.3) is 0 Å². The Kier molecular flexibility index (Phi) is 10.3. The van der Waals surface area contributed by atoms with E-state index in [1.165, 1.54) is 0 Å². The molecule has 0 N–H and O–H groups in total. The van der Waals surface area contributed by atoms with E-state index in [1.54, 1.807) is 0 Å². The van der Waals surface area contributed by atoms with Crippen molar-refractivity contribution in [3.05, 3.63) is 0 Å². The maximum absolute atomic E-state index is 13.8. The molecule has 4 aliphatic rings. The Labute approximate surface area is 265 Å². The fourth-order valence-corrected chi connectivity index (χ4v) is 9.10. The van der Waals surface area contributed by atoms with Gasteiger partial charge in [0.2, 0.25) is 0 Å². The van der Waals surface area contributed by atoms with E-state index in [-0.39, 0.29) is 107 Å². The largest absolute Gasteiger partial charge is 1.00 e. The summed E-state index contributed by atoms with van der Waals surface area (Å²) in [6, 6.07) is 0. The third-order valence-corrected chi connectivity index (χ3v) is 12.1. The van der Waals surface area contributed by atoms with Crippen LogP contribution in [0, 0.1) is 46.3 Å². The molecule has 0 amide bonds. The zero-order valence-corrected chi connectivity index (χ0v) is 27.2. The third-order valence-electron chi connectivity index (χ3n) is 11.1. The first-order chi connectivity index (χ1) is 18.8. The third kappa shape index (κ3) is 5.90. The number of carbonyl (C=O) groups is 4. The minimum absolute atomic E-state index is 0. The van der Waals surface area contributed by atoms with E-state index in [4.69, 9.17) is 0 Å². The minimum Gasteiger partial charge on any atom is -0.743 e. The van der Waals surface area contributed by atoms with Crippen molar-refractivity contribution in [2.75, 3.05) is 6.61 Å². The van der Waals surface area contributed by atoms with Crippen molar-refractivity contribution in [3.8, 4) is 0 Å². The van der Waals surface area contributed by atoms with Crippen molar-refractivity contribution < 1.29 is 84.0 Å². The summed E-state index contributed by atoms with van der Waals surface area (Å²) in [5.41, 5.74) is -1.01. The summed E-state index contributed by atoms with van der Waals surface area (Å²) in [6.07, 6.45) is 1.64. The van der Waals surface area contributed by atoms with E-state index in [1.807, 2.05) is 13.8 Å². The molecule has 0 spiro atoms. The summed E-state index contributed by atoms with van der Waals surface area (Å²) in [4.78, 5) is 51.6. The van der Waals surface area contributed by atoms with Gasteiger partial charge in [-0.2, -0.15) is 17.6 Å². The van der Waals surface area contributed by atoms with Gasteiger partial charge in [-0.3, -0.25) is 19.2 Å². The smallest absolute Gasteiger partial charge is 0.743 e. The second-order valence-electron chi connectivity index (χ2n) is 13.1. The first-order valence-electron chi connectivity index (χ1n) is 14.2. The van der Waals surface area contributed by atoms with Crippen LogP contribution in [0.2, 0.25) is 0 Å². The Morgan fingerprint density at radius 3 is 2.33 bits per heavy atom. The summed E-state index contributed by atoms with van der Waals surface area (Å²) in [5.74, 6) is -6.63. The van der Waals surface area contributed by atoms with Gasteiger partial charge in [-0.05, 0) is 60.7 Å². The maximum atomic E-state index is 13.8. The average Bonchev–Trinajstić information content (AvgIpc) is 3.22. The normalized spacial score (nSPS) is 35.9. The fraction of sp³-hybridized carbons (Fsp3) is 0.857. The van der Waals surface area contributed by atoms with Crippen LogP contribution in [0.25, 0.3) is 0 Å². The monoisotopic (exact) mass is 632 g/mol. The summed E-state index contributed by atoms with van der Waals surface area (Å²) >= 11 is 0. The number of rotatable bonds is 9. The molecule has 0 bridgehead atoms. The Bertz CT molecular complexity index is 1230. The maximum Gasteiger partial charge on any atom is 1.00 e. The first-order valence-corrected chi connectivity index (χ1v) is 15.6. The molecular weight excluding hydrogens is 595 g/mol. The van der Waals surface area contributed by atoms with Crippen molar-refractivity contribution in [3.63, 3.8) is 0 Å². The molecule has 4 aliphatic carbocycles. The van der Waals surface area contributed by atoms with Gasteiger partial charge in [-0.1, -0.05) is 20.8 Å². The molecule has 0 heterocycles. The second-order valence-corrected chi connectivity index (χ2v) is 14.5. The minimum atomic E-state index is -6.62. The van der Waals surface area contributed by atoms with E-state index < -0.39 is 45.7 Å². The number of fused-ring (bicyclic) bond motifs is 5. The zero-order valence-electron chi connectivity index (χ0n) is 24.4. The molecule has 3 unspecified atom stereocenters. The number of ether oxygens (including phenoxy) is 1. The molecular formula is C28H37F4NaO8S. The number of carbonyl (C=O) groups excluding carboxylic acids is 4. The van der Waals surface area contributed by atoms with Crippen LogP contribution in [0.15, 0.2) is 0 Å². The molecule has 4 saturated carbocycles. The molecule has 0 aliphatic heterocycles. The molecule has 0 aromatic rings. The van der Waals surface area contributed by atoms with E-state index in [2.05, 4.69) is 11.7 Å². The van der Waals surface area contributed by atoms with Crippen molar-refractivity contribution in [2.24, 2.45) is 46.3 Å². The van der Waals surface area contributed by atoms with Crippen molar-refractivity contribution in [1.82, 2.24) is 0 Å².